The van der Waals surface area contributed by atoms with E-state index in [4.69, 9.17) is 49.4 Å². The van der Waals surface area contributed by atoms with Gasteiger partial charge in [0.05, 0.1) is 5.02 Å². The van der Waals surface area contributed by atoms with Gasteiger partial charge in [-0.3, -0.25) is 10.1 Å². The fourth-order valence-electron chi connectivity index (χ4n) is 2.99. The smallest absolute Gasteiger partial charge is 0.293 e. The van der Waals surface area contributed by atoms with E-state index in [1.807, 2.05) is 18.2 Å². The van der Waals surface area contributed by atoms with Crippen LogP contribution < -0.4 is 10.6 Å². The number of rotatable bonds is 5. The molecule has 3 N–H and O–H groups in total. The van der Waals surface area contributed by atoms with E-state index in [0.717, 1.165) is 5.56 Å². The van der Waals surface area contributed by atoms with Crippen molar-refractivity contribution in [3.05, 3.63) is 88.3 Å². The number of furan rings is 2. The molecule has 4 aromatic rings. The molecule has 0 atom stereocenters. The van der Waals surface area contributed by atoms with Gasteiger partial charge >= 0.3 is 0 Å². The lowest BCUT2D eigenvalue weighted by Crippen LogP contribution is -2.33. The molecule has 6 nitrogen and oxygen atoms in total. The van der Waals surface area contributed by atoms with Crippen LogP contribution in [0, 0.1) is 0 Å². The second kappa shape index (κ2) is 9.58. The Hall–Kier alpha value is -3.10. The van der Waals surface area contributed by atoms with E-state index >= 15 is 0 Å². The third-order valence-electron chi connectivity index (χ3n) is 4.48. The monoisotopic (exact) mass is 486 g/mol. The first-order chi connectivity index (χ1) is 15.4. The van der Waals surface area contributed by atoms with Gasteiger partial charge in [0, 0.05) is 21.8 Å². The quantitative estimate of drug-likeness (QED) is 0.294. The van der Waals surface area contributed by atoms with Gasteiger partial charge in [-0.15, -0.1) is 0 Å². The Balaban J connectivity index is 1.42. The summed E-state index contributed by atoms with van der Waals surface area (Å²) in [4.78, 5) is 12.5. The first-order valence-electron chi connectivity index (χ1n) is 9.40. The van der Waals surface area contributed by atoms with Gasteiger partial charge in [0.2, 0.25) is 0 Å². The van der Waals surface area contributed by atoms with Crippen LogP contribution in [0.2, 0.25) is 10.0 Å². The summed E-state index contributed by atoms with van der Waals surface area (Å²) in [6.45, 7) is -0.174. The summed E-state index contributed by atoms with van der Waals surface area (Å²) in [7, 11) is 0. The highest BCUT2D eigenvalue weighted by Crippen LogP contribution is 2.31. The molecular weight excluding hydrogens is 471 g/mol. The van der Waals surface area contributed by atoms with E-state index in [2.05, 4.69) is 10.6 Å². The van der Waals surface area contributed by atoms with Crippen LogP contribution in [-0.2, 0) is 6.61 Å². The average molecular weight is 487 g/mol. The molecule has 162 valence electrons. The molecule has 0 aliphatic carbocycles. The summed E-state index contributed by atoms with van der Waals surface area (Å²) in [6, 6.07) is 18.9. The van der Waals surface area contributed by atoms with Crippen molar-refractivity contribution in [2.45, 2.75) is 6.61 Å². The molecular formula is C23H16Cl2N2O4S. The Bertz CT molecular complexity index is 1300. The van der Waals surface area contributed by atoms with Crippen LogP contribution in [0.1, 0.15) is 16.3 Å². The van der Waals surface area contributed by atoms with Crippen molar-refractivity contribution in [1.82, 2.24) is 5.32 Å². The minimum atomic E-state index is -0.506. The van der Waals surface area contributed by atoms with Gasteiger partial charge in [-0.05, 0) is 66.8 Å². The molecule has 2 heterocycles. The SMILES string of the molecule is O=C(NC(=S)Nc1cccc(-c2ccc(CO)o2)c1)c1ccc(-c2ccc(Cl)cc2Cl)o1. The molecule has 4 rings (SSSR count). The first-order valence-corrected chi connectivity index (χ1v) is 10.6. The Morgan fingerprint density at radius 3 is 2.53 bits per heavy atom. The second-order valence-electron chi connectivity index (χ2n) is 6.70. The maximum atomic E-state index is 12.5. The molecule has 32 heavy (non-hydrogen) atoms. The van der Waals surface area contributed by atoms with E-state index in [-0.39, 0.29) is 17.5 Å². The van der Waals surface area contributed by atoms with E-state index in [0.29, 0.717) is 38.6 Å². The first kappa shape index (κ1) is 22.1. The molecule has 0 saturated heterocycles. The molecule has 0 unspecified atom stereocenters. The molecule has 0 aliphatic rings. The van der Waals surface area contributed by atoms with Crippen LogP contribution in [0.25, 0.3) is 22.6 Å². The molecule has 0 spiro atoms. The Morgan fingerprint density at radius 1 is 0.969 bits per heavy atom. The average Bonchev–Trinajstić information content (AvgIpc) is 3.44. The summed E-state index contributed by atoms with van der Waals surface area (Å²) in [5.41, 5.74) is 2.07. The molecule has 0 saturated carbocycles. The number of benzene rings is 2. The molecule has 0 aliphatic heterocycles. The van der Waals surface area contributed by atoms with Crippen LogP contribution in [0.4, 0.5) is 5.69 Å². The number of hydrogen-bond acceptors (Lipinski definition) is 5. The number of carbonyl (C=O) groups excluding carboxylic acids is 1. The van der Waals surface area contributed by atoms with E-state index < -0.39 is 5.91 Å². The minimum absolute atomic E-state index is 0.0797. The van der Waals surface area contributed by atoms with Gasteiger partial charge in [-0.2, -0.15) is 0 Å². The molecule has 2 aromatic heterocycles. The largest absolute Gasteiger partial charge is 0.459 e. The fourth-order valence-corrected chi connectivity index (χ4v) is 3.70. The normalized spacial score (nSPS) is 10.7. The van der Waals surface area contributed by atoms with Gasteiger partial charge in [-0.25, -0.2) is 0 Å². The number of aliphatic hydroxyl groups excluding tert-OH is 1. The van der Waals surface area contributed by atoms with Crippen molar-refractivity contribution in [2.24, 2.45) is 0 Å². The maximum absolute atomic E-state index is 12.5. The molecule has 1 amide bonds. The lowest BCUT2D eigenvalue weighted by Gasteiger charge is -2.09. The lowest BCUT2D eigenvalue weighted by molar-refractivity contribution is 0.0951. The second-order valence-corrected chi connectivity index (χ2v) is 7.95. The van der Waals surface area contributed by atoms with Crippen molar-refractivity contribution in [1.29, 1.82) is 0 Å². The number of carbonyl (C=O) groups is 1. The van der Waals surface area contributed by atoms with Crippen LogP contribution in [0.15, 0.2) is 75.6 Å². The highest BCUT2D eigenvalue weighted by atomic mass is 35.5. The van der Waals surface area contributed by atoms with Crippen molar-refractivity contribution in [3.8, 4) is 22.6 Å². The van der Waals surface area contributed by atoms with Gasteiger partial charge in [0.25, 0.3) is 5.91 Å². The van der Waals surface area contributed by atoms with Crippen molar-refractivity contribution < 1.29 is 18.7 Å². The van der Waals surface area contributed by atoms with Crippen molar-refractivity contribution in [2.75, 3.05) is 5.32 Å². The van der Waals surface area contributed by atoms with Crippen LogP contribution in [-0.4, -0.2) is 16.1 Å². The van der Waals surface area contributed by atoms with E-state index in [1.54, 1.807) is 42.5 Å². The van der Waals surface area contributed by atoms with E-state index in [1.165, 1.54) is 6.07 Å². The van der Waals surface area contributed by atoms with Crippen LogP contribution >= 0.6 is 35.4 Å². The molecule has 2 aromatic carbocycles. The number of halogens is 2. The van der Waals surface area contributed by atoms with Crippen LogP contribution in [0.3, 0.4) is 0 Å². The van der Waals surface area contributed by atoms with Crippen molar-refractivity contribution in [3.63, 3.8) is 0 Å². The summed E-state index contributed by atoms with van der Waals surface area (Å²) >= 11 is 17.4. The molecule has 0 radical (unpaired) electrons. The Morgan fingerprint density at radius 2 is 1.78 bits per heavy atom. The zero-order chi connectivity index (χ0) is 22.7. The highest BCUT2D eigenvalue weighted by Gasteiger charge is 2.15. The maximum Gasteiger partial charge on any atom is 0.293 e. The van der Waals surface area contributed by atoms with Crippen molar-refractivity contribution >= 4 is 52.1 Å². The summed E-state index contributed by atoms with van der Waals surface area (Å²) in [5.74, 6) is 1.09. The Kier molecular flexibility index (Phi) is 6.62. The predicted molar refractivity (Wildman–Crippen MR) is 128 cm³/mol. The minimum Gasteiger partial charge on any atom is -0.459 e. The number of anilines is 1. The topological polar surface area (TPSA) is 87.6 Å². The van der Waals surface area contributed by atoms with Gasteiger partial charge in [0.1, 0.15) is 23.9 Å². The highest BCUT2D eigenvalue weighted by molar-refractivity contribution is 7.80. The summed E-state index contributed by atoms with van der Waals surface area (Å²) < 4.78 is 11.2. The number of aliphatic hydroxyl groups is 1. The zero-order valence-corrected chi connectivity index (χ0v) is 18.7. The number of hydrogen-bond donors (Lipinski definition) is 3. The Labute approximate surface area is 198 Å². The number of nitrogens with one attached hydrogen (secondary N) is 2. The predicted octanol–water partition coefficient (Wildman–Crippen LogP) is 6.13. The van der Waals surface area contributed by atoms with Gasteiger partial charge < -0.3 is 19.3 Å². The molecule has 0 bridgehead atoms. The van der Waals surface area contributed by atoms with Gasteiger partial charge in [0.15, 0.2) is 10.9 Å². The summed E-state index contributed by atoms with van der Waals surface area (Å²) in [5, 5.41) is 15.7. The van der Waals surface area contributed by atoms with Crippen LogP contribution in [0.5, 0.6) is 0 Å². The molecule has 9 heteroatoms. The zero-order valence-electron chi connectivity index (χ0n) is 16.4. The standard InChI is InChI=1S/C23H16Cl2N2O4S/c24-14-4-6-17(18(25)11-14)20-8-9-21(31-20)22(29)27-23(32)26-15-3-1-2-13(10-15)19-7-5-16(12-28)30-19/h1-11,28H,12H2,(H2,26,27,29,32). The third kappa shape index (κ3) is 5.03. The lowest BCUT2D eigenvalue weighted by atomic mass is 10.1. The fraction of sp³-hybridized carbons (Fsp3) is 0.0435. The third-order valence-corrected chi connectivity index (χ3v) is 5.23. The summed E-state index contributed by atoms with van der Waals surface area (Å²) in [6.07, 6.45) is 0. The van der Waals surface area contributed by atoms with Gasteiger partial charge in [-0.1, -0.05) is 35.3 Å². The number of amides is 1. The molecule has 0 fully saturated rings. The number of thiocarbonyl (C=S) groups is 1. The van der Waals surface area contributed by atoms with E-state index in [9.17, 15) is 4.79 Å².